The molecule has 4 N–H and O–H groups in total. The molecule has 0 radical (unpaired) electrons. The summed E-state index contributed by atoms with van der Waals surface area (Å²) in [6.07, 6.45) is -1.40. The van der Waals surface area contributed by atoms with Gasteiger partial charge in [0.15, 0.2) is 5.82 Å². The third-order valence-electron chi connectivity index (χ3n) is 3.78. The van der Waals surface area contributed by atoms with E-state index < -0.39 is 35.3 Å². The van der Waals surface area contributed by atoms with Crippen molar-refractivity contribution in [3.8, 4) is 0 Å². The summed E-state index contributed by atoms with van der Waals surface area (Å²) >= 11 is 0. The third kappa shape index (κ3) is 5.79. The van der Waals surface area contributed by atoms with Crippen LogP contribution in [0.1, 0.15) is 58.8 Å². The van der Waals surface area contributed by atoms with Gasteiger partial charge in [-0.1, -0.05) is 39.8 Å². The zero-order valence-electron chi connectivity index (χ0n) is 15.5. The van der Waals surface area contributed by atoms with E-state index in [1.807, 2.05) is 34.6 Å². The van der Waals surface area contributed by atoms with Crippen LogP contribution in [0.4, 0.5) is 0 Å². The summed E-state index contributed by atoms with van der Waals surface area (Å²) in [5.74, 6) is -1.82. The molecule has 3 atom stereocenters. The molecule has 2 amide bonds. The van der Waals surface area contributed by atoms with Gasteiger partial charge in [-0.2, -0.15) is 4.98 Å². The van der Waals surface area contributed by atoms with Gasteiger partial charge in [0, 0.05) is 6.92 Å². The number of hydroxylamine groups is 1. The van der Waals surface area contributed by atoms with Crippen LogP contribution >= 0.6 is 0 Å². The van der Waals surface area contributed by atoms with Crippen LogP contribution in [0.25, 0.3) is 0 Å². The van der Waals surface area contributed by atoms with Crippen molar-refractivity contribution in [2.45, 2.75) is 60.1 Å². The van der Waals surface area contributed by atoms with E-state index in [2.05, 4.69) is 15.5 Å². The van der Waals surface area contributed by atoms with Crippen molar-refractivity contribution in [3.63, 3.8) is 0 Å². The molecule has 9 nitrogen and oxygen atoms in total. The first-order chi connectivity index (χ1) is 11.5. The SMILES string of the molecule is Cc1nc([C@@H](NC(=O)[C@H](CC(C)C)[C@H](O)C(=O)NO)C(C)(C)C)no1. The fraction of sp³-hybridized carbons (Fsp3) is 0.750. The molecule has 142 valence electrons. The summed E-state index contributed by atoms with van der Waals surface area (Å²) in [6, 6.07) is -0.573. The smallest absolute Gasteiger partial charge is 0.272 e. The first kappa shape index (κ1) is 21.0. The third-order valence-corrected chi connectivity index (χ3v) is 3.78. The van der Waals surface area contributed by atoms with Crippen LogP contribution < -0.4 is 10.8 Å². The van der Waals surface area contributed by atoms with Gasteiger partial charge in [-0.3, -0.25) is 14.8 Å². The standard InChI is InChI=1S/C16H28N4O5/c1-8(2)7-10(11(21)15(23)19-24)14(22)18-12(16(4,5)6)13-17-9(3)25-20-13/h8,10-12,21,24H,7H2,1-6H3,(H,18,22)(H,19,23)/t10-,11+,12-/m1/s1. The number of rotatable bonds is 7. The number of nitrogens with one attached hydrogen (secondary N) is 2. The van der Waals surface area contributed by atoms with Crippen LogP contribution in [0.2, 0.25) is 0 Å². The fourth-order valence-corrected chi connectivity index (χ4v) is 2.49. The van der Waals surface area contributed by atoms with Gasteiger partial charge in [0.2, 0.25) is 11.8 Å². The van der Waals surface area contributed by atoms with E-state index in [-0.39, 0.29) is 12.3 Å². The molecule has 9 heteroatoms. The molecule has 1 rings (SSSR count). The monoisotopic (exact) mass is 356 g/mol. The molecule has 0 saturated carbocycles. The Balaban J connectivity index is 3.07. The van der Waals surface area contributed by atoms with Crippen molar-refractivity contribution in [2.24, 2.45) is 17.3 Å². The second kappa shape index (κ2) is 8.39. The number of amides is 2. The number of aromatic nitrogens is 2. The Kier molecular flexibility index (Phi) is 7.06. The maximum Gasteiger partial charge on any atom is 0.272 e. The molecule has 0 aromatic carbocycles. The molecule has 1 aromatic heterocycles. The van der Waals surface area contributed by atoms with Crippen molar-refractivity contribution >= 4 is 11.8 Å². The highest BCUT2D eigenvalue weighted by Crippen LogP contribution is 2.32. The van der Waals surface area contributed by atoms with E-state index in [0.717, 1.165) is 0 Å². The van der Waals surface area contributed by atoms with Gasteiger partial charge < -0.3 is 14.9 Å². The summed E-state index contributed by atoms with van der Waals surface area (Å²) in [7, 11) is 0. The Bertz CT molecular complexity index is 594. The lowest BCUT2D eigenvalue weighted by Gasteiger charge is -2.31. The first-order valence-electron chi connectivity index (χ1n) is 8.20. The highest BCUT2D eigenvalue weighted by Gasteiger charge is 2.37. The Hall–Kier alpha value is -2.00. The number of aliphatic hydroxyl groups is 1. The molecule has 0 spiro atoms. The number of carbonyl (C=O) groups excluding carboxylic acids is 2. The van der Waals surface area contributed by atoms with Crippen LogP contribution in [-0.2, 0) is 9.59 Å². The number of carbonyl (C=O) groups is 2. The summed E-state index contributed by atoms with van der Waals surface area (Å²) in [4.78, 5) is 28.5. The summed E-state index contributed by atoms with van der Waals surface area (Å²) < 4.78 is 4.99. The van der Waals surface area contributed by atoms with Crippen molar-refractivity contribution in [3.05, 3.63) is 11.7 Å². The lowest BCUT2D eigenvalue weighted by Crippen LogP contribution is -2.48. The number of nitrogens with zero attached hydrogens (tertiary/aromatic N) is 2. The second-order valence-corrected chi connectivity index (χ2v) is 7.64. The largest absolute Gasteiger partial charge is 0.382 e. The number of hydrogen-bond acceptors (Lipinski definition) is 7. The van der Waals surface area contributed by atoms with Crippen molar-refractivity contribution in [1.29, 1.82) is 0 Å². The van der Waals surface area contributed by atoms with Gasteiger partial charge in [0.05, 0.1) is 12.0 Å². The van der Waals surface area contributed by atoms with E-state index in [1.165, 1.54) is 5.48 Å². The zero-order valence-corrected chi connectivity index (χ0v) is 15.5. The molecule has 1 aromatic rings. The van der Waals surface area contributed by atoms with E-state index in [4.69, 9.17) is 9.73 Å². The second-order valence-electron chi connectivity index (χ2n) is 7.64. The quantitative estimate of drug-likeness (QED) is 0.424. The average molecular weight is 356 g/mol. The van der Waals surface area contributed by atoms with Crippen LogP contribution in [-0.4, -0.2) is 38.4 Å². The predicted molar refractivity (Wildman–Crippen MR) is 88.3 cm³/mol. The van der Waals surface area contributed by atoms with Gasteiger partial charge in [-0.25, -0.2) is 5.48 Å². The molecule has 0 unspecified atom stereocenters. The Morgan fingerprint density at radius 1 is 1.24 bits per heavy atom. The van der Waals surface area contributed by atoms with E-state index in [9.17, 15) is 14.7 Å². The molecule has 25 heavy (non-hydrogen) atoms. The highest BCUT2D eigenvalue weighted by atomic mass is 16.5. The van der Waals surface area contributed by atoms with Crippen LogP contribution in [0, 0.1) is 24.2 Å². The fourth-order valence-electron chi connectivity index (χ4n) is 2.49. The maximum atomic E-state index is 12.8. The van der Waals surface area contributed by atoms with E-state index in [0.29, 0.717) is 11.7 Å². The molecule has 0 bridgehead atoms. The lowest BCUT2D eigenvalue weighted by atomic mass is 9.84. The van der Waals surface area contributed by atoms with Crippen LogP contribution in [0.5, 0.6) is 0 Å². The molecular formula is C16H28N4O5. The lowest BCUT2D eigenvalue weighted by molar-refractivity contribution is -0.147. The van der Waals surface area contributed by atoms with Crippen LogP contribution in [0.15, 0.2) is 4.52 Å². The molecular weight excluding hydrogens is 328 g/mol. The number of hydrogen-bond donors (Lipinski definition) is 4. The first-order valence-corrected chi connectivity index (χ1v) is 8.20. The van der Waals surface area contributed by atoms with E-state index >= 15 is 0 Å². The van der Waals surface area contributed by atoms with E-state index in [1.54, 1.807) is 6.92 Å². The van der Waals surface area contributed by atoms with Crippen LogP contribution in [0.3, 0.4) is 0 Å². The Morgan fingerprint density at radius 3 is 2.24 bits per heavy atom. The normalized spacial score (nSPS) is 15.6. The average Bonchev–Trinajstić information content (AvgIpc) is 2.93. The molecule has 0 aliphatic heterocycles. The summed E-state index contributed by atoms with van der Waals surface area (Å²) in [5, 5.41) is 25.5. The minimum atomic E-state index is -1.67. The number of aliphatic hydroxyl groups excluding tert-OH is 1. The minimum absolute atomic E-state index is 0.0531. The van der Waals surface area contributed by atoms with Gasteiger partial charge in [-0.05, 0) is 17.8 Å². The Labute approximate surface area is 147 Å². The topological polar surface area (TPSA) is 138 Å². The zero-order chi connectivity index (χ0) is 19.4. The Morgan fingerprint density at radius 2 is 1.84 bits per heavy atom. The van der Waals surface area contributed by atoms with Gasteiger partial charge >= 0.3 is 0 Å². The van der Waals surface area contributed by atoms with Crippen molar-refractivity contribution < 1.29 is 24.4 Å². The molecule has 0 saturated heterocycles. The molecule has 0 aliphatic rings. The minimum Gasteiger partial charge on any atom is -0.382 e. The molecule has 0 fully saturated rings. The summed E-state index contributed by atoms with van der Waals surface area (Å²) in [5.41, 5.74) is 0.951. The van der Waals surface area contributed by atoms with Gasteiger partial charge in [0.1, 0.15) is 6.10 Å². The number of aryl methyl sites for hydroxylation is 1. The molecule has 0 aliphatic carbocycles. The molecule has 1 heterocycles. The van der Waals surface area contributed by atoms with Crippen molar-refractivity contribution in [1.82, 2.24) is 20.9 Å². The van der Waals surface area contributed by atoms with Gasteiger partial charge in [-0.15, -0.1) is 0 Å². The van der Waals surface area contributed by atoms with Gasteiger partial charge in [0.25, 0.3) is 5.91 Å². The van der Waals surface area contributed by atoms with Crippen molar-refractivity contribution in [2.75, 3.05) is 0 Å². The maximum absolute atomic E-state index is 12.8. The summed E-state index contributed by atoms with van der Waals surface area (Å²) in [6.45, 7) is 11.1. The highest BCUT2D eigenvalue weighted by molar-refractivity contribution is 5.88. The predicted octanol–water partition coefficient (Wildman–Crippen LogP) is 1.11.